The van der Waals surface area contributed by atoms with Crippen LogP contribution in [0.1, 0.15) is 18.4 Å². The number of hydrogen-bond acceptors (Lipinski definition) is 2. The van der Waals surface area contributed by atoms with Gasteiger partial charge in [-0.1, -0.05) is 55.9 Å². The van der Waals surface area contributed by atoms with Crippen molar-refractivity contribution in [2.24, 2.45) is 4.99 Å². The van der Waals surface area contributed by atoms with Gasteiger partial charge in [0.15, 0.2) is 0 Å². The van der Waals surface area contributed by atoms with Crippen LogP contribution in [0.15, 0.2) is 47.3 Å². The van der Waals surface area contributed by atoms with E-state index in [-0.39, 0.29) is 0 Å². The predicted octanol–water partition coefficient (Wildman–Crippen LogP) is 4.01. The normalized spacial score (nSPS) is 15.8. The molecule has 104 valence electrons. The molecule has 0 amide bonds. The van der Waals surface area contributed by atoms with Crippen molar-refractivity contribution < 1.29 is 4.74 Å². The third-order valence-corrected chi connectivity index (χ3v) is 3.65. The number of aliphatic imine (C=N–C) groups is 1. The van der Waals surface area contributed by atoms with Gasteiger partial charge in [0.25, 0.3) is 0 Å². The molecule has 0 radical (unpaired) electrons. The Labute approximate surface area is 122 Å². The van der Waals surface area contributed by atoms with E-state index < -0.39 is 8.07 Å². The third-order valence-electron chi connectivity index (χ3n) is 2.77. The fourth-order valence-corrected chi connectivity index (χ4v) is 2.28. The lowest BCUT2D eigenvalue weighted by molar-refractivity contribution is 0.224. The molecule has 1 aromatic rings. The van der Waals surface area contributed by atoms with E-state index in [1.54, 1.807) is 6.26 Å². The van der Waals surface area contributed by atoms with Gasteiger partial charge in [0, 0.05) is 5.56 Å². The molecule has 3 heteroatoms. The molecule has 0 saturated heterocycles. The smallest absolute Gasteiger partial charge is 0.129 e. The summed E-state index contributed by atoms with van der Waals surface area (Å²) in [5, 5.41) is 0. The minimum atomic E-state index is -1.41. The van der Waals surface area contributed by atoms with Crippen molar-refractivity contribution in [1.82, 2.24) is 0 Å². The van der Waals surface area contributed by atoms with Crippen LogP contribution in [0, 0.1) is 11.5 Å². The Morgan fingerprint density at radius 2 is 1.95 bits per heavy atom. The van der Waals surface area contributed by atoms with E-state index in [2.05, 4.69) is 43.2 Å². The zero-order valence-electron chi connectivity index (χ0n) is 12.4. The Balaban J connectivity index is 2.36. The highest BCUT2D eigenvalue weighted by atomic mass is 28.3. The molecule has 0 aromatic heterocycles. The first-order chi connectivity index (χ1) is 9.54. The van der Waals surface area contributed by atoms with Gasteiger partial charge in [0.2, 0.25) is 0 Å². The van der Waals surface area contributed by atoms with Crippen LogP contribution in [0.4, 0.5) is 0 Å². The summed E-state index contributed by atoms with van der Waals surface area (Å²) < 4.78 is 5.36. The van der Waals surface area contributed by atoms with Crippen molar-refractivity contribution in [2.45, 2.75) is 32.5 Å². The molecule has 20 heavy (non-hydrogen) atoms. The van der Waals surface area contributed by atoms with Crippen molar-refractivity contribution in [3.8, 4) is 11.5 Å². The molecule has 0 fully saturated rings. The van der Waals surface area contributed by atoms with Crippen molar-refractivity contribution in [3.05, 3.63) is 47.9 Å². The topological polar surface area (TPSA) is 21.6 Å². The summed E-state index contributed by atoms with van der Waals surface area (Å²) in [5.74, 6) is 3.29. The van der Waals surface area contributed by atoms with Gasteiger partial charge in [-0.2, -0.15) is 0 Å². The number of hydrogen-bond donors (Lipinski definition) is 0. The number of nitrogens with zero attached hydrogens (tertiary/aromatic N) is 1. The Morgan fingerprint density at radius 3 is 2.55 bits per heavy atom. The molecule has 1 aromatic carbocycles. The number of rotatable bonds is 2. The van der Waals surface area contributed by atoms with Crippen molar-refractivity contribution in [3.63, 3.8) is 0 Å². The van der Waals surface area contributed by atoms with E-state index in [1.807, 2.05) is 18.2 Å². The molecule has 1 heterocycles. The summed E-state index contributed by atoms with van der Waals surface area (Å²) in [7, 11) is -1.41. The van der Waals surface area contributed by atoms with Crippen LogP contribution in [-0.4, -0.2) is 20.4 Å². The lowest BCUT2D eigenvalue weighted by Crippen LogP contribution is -2.17. The zero-order chi connectivity index (χ0) is 14.4. The van der Waals surface area contributed by atoms with E-state index in [1.165, 1.54) is 0 Å². The summed E-state index contributed by atoms with van der Waals surface area (Å²) in [6, 6.07) is 10.2. The summed E-state index contributed by atoms with van der Waals surface area (Å²) >= 11 is 0. The van der Waals surface area contributed by atoms with Gasteiger partial charge in [-0.05, 0) is 12.8 Å². The van der Waals surface area contributed by atoms with Gasteiger partial charge >= 0.3 is 0 Å². The molecule has 0 saturated carbocycles. The van der Waals surface area contributed by atoms with Crippen molar-refractivity contribution >= 4 is 13.8 Å². The van der Waals surface area contributed by atoms with Crippen molar-refractivity contribution in [2.75, 3.05) is 6.61 Å². The van der Waals surface area contributed by atoms with Crippen LogP contribution in [0.3, 0.4) is 0 Å². The minimum absolute atomic E-state index is 0.792. The number of allylic oxidation sites excluding steroid dienone is 1. The first kappa shape index (κ1) is 14.6. The highest BCUT2D eigenvalue weighted by Crippen LogP contribution is 2.15. The predicted molar refractivity (Wildman–Crippen MR) is 87.4 cm³/mol. The summed E-state index contributed by atoms with van der Waals surface area (Å²) in [6.45, 7) is 7.52. The van der Waals surface area contributed by atoms with Gasteiger partial charge in [-0.25, -0.2) is 4.99 Å². The van der Waals surface area contributed by atoms with Crippen LogP contribution in [0.25, 0.3) is 0 Å². The highest BCUT2D eigenvalue weighted by molar-refractivity contribution is 6.84. The van der Waals surface area contributed by atoms with Gasteiger partial charge in [0.05, 0.1) is 12.3 Å². The quantitative estimate of drug-likeness (QED) is 0.456. The van der Waals surface area contributed by atoms with E-state index in [0.717, 1.165) is 36.4 Å². The second-order valence-electron chi connectivity index (χ2n) is 5.91. The summed E-state index contributed by atoms with van der Waals surface area (Å²) in [4.78, 5) is 4.71. The molecule has 0 bridgehead atoms. The fraction of sp³-hybridized carbons (Fsp3) is 0.353. The molecule has 0 atom stereocenters. The lowest BCUT2D eigenvalue weighted by Gasteiger charge is -2.11. The third kappa shape index (κ3) is 4.71. The fourth-order valence-electron chi connectivity index (χ4n) is 1.78. The summed E-state index contributed by atoms with van der Waals surface area (Å²) in [6.07, 6.45) is 3.76. The summed E-state index contributed by atoms with van der Waals surface area (Å²) in [5.41, 5.74) is 6.31. The van der Waals surface area contributed by atoms with E-state index in [4.69, 9.17) is 9.73 Å². The van der Waals surface area contributed by atoms with Crippen LogP contribution in [-0.2, 0) is 4.74 Å². The van der Waals surface area contributed by atoms with Gasteiger partial charge < -0.3 is 4.74 Å². The van der Waals surface area contributed by atoms with Gasteiger partial charge in [0.1, 0.15) is 20.0 Å². The zero-order valence-corrected chi connectivity index (χ0v) is 13.4. The Hall–Kier alpha value is -1.79. The molecule has 2 nitrogen and oxygen atoms in total. The lowest BCUT2D eigenvalue weighted by atomic mass is 10.1. The second-order valence-corrected chi connectivity index (χ2v) is 10.7. The highest BCUT2D eigenvalue weighted by Gasteiger charge is 2.10. The minimum Gasteiger partial charge on any atom is -0.499 e. The maximum absolute atomic E-state index is 5.36. The number of ether oxygens (including phenoxy) is 1. The largest absolute Gasteiger partial charge is 0.499 e. The first-order valence-corrected chi connectivity index (χ1v) is 10.5. The molecule has 0 N–H and O–H groups in total. The van der Waals surface area contributed by atoms with Crippen molar-refractivity contribution in [1.29, 1.82) is 0 Å². The van der Waals surface area contributed by atoms with Gasteiger partial charge in [-0.15, -0.1) is 5.54 Å². The van der Waals surface area contributed by atoms with E-state index in [0.29, 0.717) is 0 Å². The molecule has 0 spiro atoms. The molecular formula is C17H21NOSi. The Morgan fingerprint density at radius 1 is 1.20 bits per heavy atom. The first-order valence-electron chi connectivity index (χ1n) is 7.02. The maximum atomic E-state index is 5.36. The molecule has 2 rings (SSSR count). The molecule has 0 aliphatic carbocycles. The van der Waals surface area contributed by atoms with E-state index in [9.17, 15) is 0 Å². The van der Waals surface area contributed by atoms with Crippen LogP contribution in [0.2, 0.25) is 19.6 Å². The maximum Gasteiger partial charge on any atom is 0.129 e. The van der Waals surface area contributed by atoms with Gasteiger partial charge in [-0.3, -0.25) is 0 Å². The Bertz CT molecular complexity index is 570. The van der Waals surface area contributed by atoms with E-state index >= 15 is 0 Å². The average molecular weight is 283 g/mol. The molecular weight excluding hydrogens is 262 g/mol. The molecule has 1 aliphatic heterocycles. The second kappa shape index (κ2) is 6.58. The van der Waals surface area contributed by atoms with Crippen LogP contribution >= 0.6 is 0 Å². The Kier molecular flexibility index (Phi) is 4.81. The monoisotopic (exact) mass is 283 g/mol. The SMILES string of the molecule is C[Si](C)(C)C#CC(=NC1=COCCC1)c1ccccc1. The molecule has 0 unspecified atom stereocenters. The average Bonchev–Trinajstić information content (AvgIpc) is 2.44. The standard InChI is InChI=1S/C17H21NOSi/c1-20(2,3)13-11-17(15-8-5-4-6-9-15)18-16-10-7-12-19-14-16/h4-6,8-9,14H,7,10,12H2,1-3H3. The van der Waals surface area contributed by atoms with Crippen LogP contribution < -0.4 is 0 Å². The number of benzene rings is 1. The molecule has 1 aliphatic rings. The van der Waals surface area contributed by atoms with Crippen LogP contribution in [0.5, 0.6) is 0 Å².